The van der Waals surface area contributed by atoms with Crippen LogP contribution in [0.25, 0.3) is 11.3 Å². The molecule has 1 aliphatic heterocycles. The van der Waals surface area contributed by atoms with E-state index in [0.717, 1.165) is 15.7 Å². The maximum atomic E-state index is 12.8. The Labute approximate surface area is 184 Å². The number of thiazole rings is 1. The van der Waals surface area contributed by atoms with Crippen molar-refractivity contribution in [2.75, 3.05) is 5.01 Å². The minimum atomic E-state index is -0.819. The van der Waals surface area contributed by atoms with Crippen LogP contribution in [-0.4, -0.2) is 28.6 Å². The van der Waals surface area contributed by atoms with Crippen molar-refractivity contribution in [1.82, 2.24) is 4.98 Å². The third-order valence-corrected chi connectivity index (χ3v) is 5.69. The van der Waals surface area contributed by atoms with E-state index in [1.807, 2.05) is 29.6 Å². The lowest BCUT2D eigenvalue weighted by Crippen LogP contribution is -2.29. The van der Waals surface area contributed by atoms with E-state index in [-0.39, 0.29) is 5.91 Å². The van der Waals surface area contributed by atoms with Crippen molar-refractivity contribution in [2.45, 2.75) is 13.0 Å². The molecule has 0 saturated carbocycles. The Bertz CT molecular complexity index is 1170. The highest BCUT2D eigenvalue weighted by Crippen LogP contribution is 2.31. The van der Waals surface area contributed by atoms with Gasteiger partial charge in [-0.15, -0.1) is 11.3 Å². The monoisotopic (exact) mass is 482 g/mol. The fourth-order valence-electron chi connectivity index (χ4n) is 2.76. The quantitative estimate of drug-likeness (QED) is 0.537. The van der Waals surface area contributed by atoms with E-state index >= 15 is 0 Å². The van der Waals surface area contributed by atoms with Crippen molar-refractivity contribution in [1.29, 1.82) is 0 Å². The highest BCUT2D eigenvalue weighted by Gasteiger charge is 2.36. The molecule has 0 bridgehead atoms. The Hall–Kier alpha value is -3.24. The molecule has 30 heavy (non-hydrogen) atoms. The molecule has 0 saturated heterocycles. The predicted octanol–water partition coefficient (Wildman–Crippen LogP) is 4.55. The summed E-state index contributed by atoms with van der Waals surface area (Å²) in [6.45, 7) is 1.72. The first-order valence-corrected chi connectivity index (χ1v) is 10.5. The molecule has 1 aromatic heterocycles. The zero-order chi connectivity index (χ0) is 21.3. The van der Waals surface area contributed by atoms with E-state index in [9.17, 15) is 9.59 Å². The van der Waals surface area contributed by atoms with Gasteiger partial charge in [0.05, 0.1) is 17.1 Å². The molecule has 3 aromatic rings. The summed E-state index contributed by atoms with van der Waals surface area (Å²) >= 11 is 4.74. The van der Waals surface area contributed by atoms with Gasteiger partial charge in [0.1, 0.15) is 0 Å². The van der Waals surface area contributed by atoms with Crippen LogP contribution in [0.3, 0.4) is 0 Å². The van der Waals surface area contributed by atoms with Gasteiger partial charge in [0.2, 0.25) is 11.0 Å². The molecule has 8 nitrogen and oxygen atoms in total. The maximum absolute atomic E-state index is 12.8. The van der Waals surface area contributed by atoms with Crippen LogP contribution in [0.15, 0.2) is 73.7 Å². The van der Waals surface area contributed by atoms with Crippen molar-refractivity contribution >= 4 is 55.6 Å². The van der Waals surface area contributed by atoms with Gasteiger partial charge < -0.3 is 5.73 Å². The van der Waals surface area contributed by atoms with Crippen LogP contribution < -0.4 is 10.7 Å². The topological polar surface area (TPSA) is 113 Å². The van der Waals surface area contributed by atoms with Gasteiger partial charge in [-0.25, -0.2) is 4.98 Å². The number of amides is 2. The number of halogens is 1. The summed E-state index contributed by atoms with van der Waals surface area (Å²) in [5.74, 6) is -0.837. The molecular formula is C20H15BrN6O2S. The third kappa shape index (κ3) is 4.05. The van der Waals surface area contributed by atoms with Crippen LogP contribution in [-0.2, 0) is 4.79 Å². The molecule has 0 aliphatic carbocycles. The van der Waals surface area contributed by atoms with E-state index < -0.39 is 11.9 Å². The van der Waals surface area contributed by atoms with Crippen LogP contribution in [0.1, 0.15) is 17.3 Å². The molecule has 2 aromatic carbocycles. The van der Waals surface area contributed by atoms with Gasteiger partial charge in [0.15, 0.2) is 6.04 Å². The molecule has 0 spiro atoms. The van der Waals surface area contributed by atoms with Crippen molar-refractivity contribution in [3.05, 3.63) is 63.9 Å². The first-order valence-electron chi connectivity index (χ1n) is 8.83. The first-order chi connectivity index (χ1) is 14.4. The van der Waals surface area contributed by atoms with Gasteiger partial charge in [-0.3, -0.25) is 9.59 Å². The van der Waals surface area contributed by atoms with Crippen molar-refractivity contribution in [3.8, 4) is 11.3 Å². The minimum absolute atomic E-state index is 0.318. The summed E-state index contributed by atoms with van der Waals surface area (Å²) in [7, 11) is 0. The smallest absolute Gasteiger partial charge is 0.282 e. The number of carbonyl (C=O) groups excluding carboxylic acids is 2. The number of nitrogens with zero attached hydrogens (tertiary/aromatic N) is 5. The zero-order valence-corrected chi connectivity index (χ0v) is 18.1. The summed E-state index contributed by atoms with van der Waals surface area (Å²) in [4.78, 5) is 28.5. The van der Waals surface area contributed by atoms with E-state index in [4.69, 9.17) is 5.73 Å². The van der Waals surface area contributed by atoms with Gasteiger partial charge >= 0.3 is 0 Å². The number of aromatic nitrogens is 1. The van der Waals surface area contributed by atoms with E-state index in [2.05, 4.69) is 36.2 Å². The largest absolute Gasteiger partial charge is 0.366 e. The molecule has 1 atom stereocenters. The molecule has 2 N–H and O–H groups in total. The molecule has 0 radical (unpaired) electrons. The molecule has 4 rings (SSSR count). The van der Waals surface area contributed by atoms with Gasteiger partial charge in [0.25, 0.3) is 5.91 Å². The minimum Gasteiger partial charge on any atom is -0.366 e. The van der Waals surface area contributed by atoms with Crippen molar-refractivity contribution in [3.63, 3.8) is 0 Å². The summed E-state index contributed by atoms with van der Waals surface area (Å²) in [6.07, 6.45) is 0. The van der Waals surface area contributed by atoms with Gasteiger partial charge in [-0.1, -0.05) is 28.1 Å². The van der Waals surface area contributed by atoms with Crippen LogP contribution in [0.2, 0.25) is 0 Å². The van der Waals surface area contributed by atoms with Gasteiger partial charge in [-0.05, 0) is 43.3 Å². The lowest BCUT2D eigenvalue weighted by atomic mass is 10.2. The second-order valence-corrected chi connectivity index (χ2v) is 8.19. The van der Waals surface area contributed by atoms with E-state index in [1.54, 1.807) is 31.2 Å². The van der Waals surface area contributed by atoms with E-state index in [0.29, 0.717) is 22.1 Å². The first kappa shape index (κ1) is 20.0. The summed E-state index contributed by atoms with van der Waals surface area (Å²) in [6, 6.07) is 13.3. The Morgan fingerprint density at radius 1 is 1.17 bits per heavy atom. The number of rotatable bonds is 5. The van der Waals surface area contributed by atoms with E-state index in [1.165, 1.54) is 16.3 Å². The summed E-state index contributed by atoms with van der Waals surface area (Å²) in [5.41, 5.74) is 8.34. The Morgan fingerprint density at radius 2 is 1.87 bits per heavy atom. The second-order valence-electron chi connectivity index (χ2n) is 6.44. The van der Waals surface area contributed by atoms with Crippen molar-refractivity contribution in [2.24, 2.45) is 21.1 Å². The fourth-order valence-corrected chi connectivity index (χ4v) is 3.81. The average Bonchev–Trinajstić information content (AvgIpc) is 3.32. The van der Waals surface area contributed by atoms with Crippen LogP contribution in [0.5, 0.6) is 0 Å². The van der Waals surface area contributed by atoms with Crippen LogP contribution in [0, 0.1) is 0 Å². The number of azo groups is 1. The van der Waals surface area contributed by atoms with Crippen molar-refractivity contribution < 1.29 is 9.59 Å². The normalized spacial score (nSPS) is 16.3. The Balaban J connectivity index is 1.51. The number of hydrogen-bond donors (Lipinski definition) is 1. The second kappa shape index (κ2) is 8.25. The standard InChI is InChI=1S/C20H15BrN6O2S/c1-11-17(25-24-15-8-4-13(5-9-15)18(22)28)19(29)27(26-11)20-23-16(10-30-20)12-2-6-14(21)7-3-12/h2-10,17H,1H3,(H2,22,28). The number of hydrazone groups is 1. The Kier molecular flexibility index (Phi) is 5.51. The molecule has 1 unspecified atom stereocenters. The number of nitrogens with two attached hydrogens (primary N) is 1. The Morgan fingerprint density at radius 3 is 2.53 bits per heavy atom. The zero-order valence-electron chi connectivity index (χ0n) is 15.7. The van der Waals surface area contributed by atoms with Gasteiger partial charge in [-0.2, -0.15) is 20.3 Å². The number of anilines is 1. The molecule has 2 heterocycles. The fraction of sp³-hybridized carbons (Fsp3) is 0.100. The van der Waals surface area contributed by atoms with Crippen LogP contribution >= 0.6 is 27.3 Å². The average molecular weight is 483 g/mol. The third-order valence-electron chi connectivity index (χ3n) is 4.35. The lowest BCUT2D eigenvalue weighted by Gasteiger charge is -2.08. The maximum Gasteiger partial charge on any atom is 0.282 e. The number of hydrogen-bond acceptors (Lipinski definition) is 7. The highest BCUT2D eigenvalue weighted by atomic mass is 79.9. The SMILES string of the molecule is CC1=NN(c2nc(-c3ccc(Br)cc3)cs2)C(=O)C1N=Nc1ccc(C(N)=O)cc1. The molecule has 1 aliphatic rings. The molecule has 150 valence electrons. The summed E-state index contributed by atoms with van der Waals surface area (Å²) in [5, 5.41) is 16.2. The van der Waals surface area contributed by atoms with Gasteiger partial charge in [0, 0.05) is 21.0 Å². The van der Waals surface area contributed by atoms with Crippen LogP contribution in [0.4, 0.5) is 10.8 Å². The number of carbonyl (C=O) groups is 2. The number of primary amides is 1. The molecule has 2 amide bonds. The summed E-state index contributed by atoms with van der Waals surface area (Å²) < 4.78 is 0.981. The molecule has 10 heteroatoms. The molecule has 0 fully saturated rings. The predicted molar refractivity (Wildman–Crippen MR) is 119 cm³/mol. The lowest BCUT2D eigenvalue weighted by molar-refractivity contribution is -0.117. The highest BCUT2D eigenvalue weighted by molar-refractivity contribution is 9.10. The molecular weight excluding hydrogens is 468 g/mol. The number of benzene rings is 2.